The summed E-state index contributed by atoms with van der Waals surface area (Å²) in [6.07, 6.45) is 12.7. The van der Waals surface area contributed by atoms with Gasteiger partial charge in [0, 0.05) is 49.5 Å². The maximum atomic E-state index is 12.2. The molecular weight excluding hydrogens is 526 g/mol. The van der Waals surface area contributed by atoms with Gasteiger partial charge >= 0.3 is 0 Å². The van der Waals surface area contributed by atoms with E-state index in [4.69, 9.17) is 15.7 Å². The predicted molar refractivity (Wildman–Crippen MR) is 162 cm³/mol. The second-order valence-electron chi connectivity index (χ2n) is 10.9. The topological polar surface area (TPSA) is 120 Å². The monoisotopic (exact) mass is 559 g/mol. The zero-order valence-corrected chi connectivity index (χ0v) is 23.5. The van der Waals surface area contributed by atoms with Gasteiger partial charge in [-0.05, 0) is 92.3 Å². The van der Waals surface area contributed by atoms with Crippen molar-refractivity contribution in [1.29, 1.82) is 0 Å². The van der Waals surface area contributed by atoms with Crippen LogP contribution in [0.15, 0.2) is 79.3 Å². The number of hydrogen-bond donors (Lipinski definition) is 2. The summed E-state index contributed by atoms with van der Waals surface area (Å²) in [4.78, 5) is 28.4. The van der Waals surface area contributed by atoms with Crippen molar-refractivity contribution in [2.24, 2.45) is 0 Å². The SMILES string of the molecule is C/C=C/C(=O)N1CCC(N[C@H]2CCc3cc(-n4c(-c5cccnc5N)nc5ccc(-n6cccn6)nc54)ccc32)CC1. The van der Waals surface area contributed by atoms with Gasteiger partial charge < -0.3 is 16.0 Å². The summed E-state index contributed by atoms with van der Waals surface area (Å²) in [5.74, 6) is 1.95. The fraction of sp³-hybridized carbons (Fsp3) is 0.281. The number of aromatic nitrogens is 6. The molecule has 1 atom stereocenters. The fourth-order valence-electron chi connectivity index (χ4n) is 6.23. The van der Waals surface area contributed by atoms with E-state index >= 15 is 0 Å². The quantitative estimate of drug-likeness (QED) is 0.296. The lowest BCUT2D eigenvalue weighted by molar-refractivity contribution is -0.127. The third-order valence-electron chi connectivity index (χ3n) is 8.32. The molecule has 1 aliphatic carbocycles. The molecule has 2 aliphatic rings. The summed E-state index contributed by atoms with van der Waals surface area (Å²) < 4.78 is 3.82. The summed E-state index contributed by atoms with van der Waals surface area (Å²) >= 11 is 0. The molecule has 212 valence electrons. The summed E-state index contributed by atoms with van der Waals surface area (Å²) in [7, 11) is 0. The van der Waals surface area contributed by atoms with Gasteiger partial charge in [0.15, 0.2) is 17.3 Å². The number of pyridine rings is 2. The summed E-state index contributed by atoms with van der Waals surface area (Å²) in [6.45, 7) is 3.47. The third-order valence-corrected chi connectivity index (χ3v) is 8.32. The van der Waals surface area contributed by atoms with Crippen molar-refractivity contribution in [2.75, 3.05) is 18.8 Å². The highest BCUT2D eigenvalue weighted by atomic mass is 16.2. The van der Waals surface area contributed by atoms with Crippen LogP contribution in [0.3, 0.4) is 0 Å². The van der Waals surface area contributed by atoms with Gasteiger partial charge in [0.05, 0.1) is 5.56 Å². The number of rotatable bonds is 6. The minimum absolute atomic E-state index is 0.111. The summed E-state index contributed by atoms with van der Waals surface area (Å²) in [5, 5.41) is 8.26. The molecule has 1 aliphatic heterocycles. The molecule has 5 aromatic rings. The molecule has 0 bridgehead atoms. The maximum absolute atomic E-state index is 12.2. The first kappa shape index (κ1) is 26.1. The first-order valence-corrected chi connectivity index (χ1v) is 14.5. The number of imidazole rings is 1. The lowest BCUT2D eigenvalue weighted by Crippen LogP contribution is -2.45. The van der Waals surface area contributed by atoms with Crippen LogP contribution in [0.4, 0.5) is 5.82 Å². The van der Waals surface area contributed by atoms with E-state index in [0.717, 1.165) is 61.2 Å². The van der Waals surface area contributed by atoms with Gasteiger partial charge in [0.1, 0.15) is 11.3 Å². The molecule has 42 heavy (non-hydrogen) atoms. The second kappa shape index (κ2) is 10.9. The molecule has 10 nitrogen and oxygen atoms in total. The minimum Gasteiger partial charge on any atom is -0.383 e. The van der Waals surface area contributed by atoms with Crippen molar-refractivity contribution in [1.82, 2.24) is 39.5 Å². The lowest BCUT2D eigenvalue weighted by atomic mass is 10.0. The van der Waals surface area contributed by atoms with Crippen LogP contribution in [0.25, 0.3) is 34.1 Å². The van der Waals surface area contributed by atoms with E-state index in [2.05, 4.69) is 38.2 Å². The molecule has 1 amide bonds. The van der Waals surface area contributed by atoms with Gasteiger partial charge in [-0.1, -0.05) is 12.1 Å². The van der Waals surface area contributed by atoms with Crippen LogP contribution in [0.1, 0.15) is 43.4 Å². The molecular formula is C32H33N9O. The van der Waals surface area contributed by atoms with Crippen LogP contribution in [0.5, 0.6) is 0 Å². The molecule has 4 aromatic heterocycles. The van der Waals surface area contributed by atoms with E-state index < -0.39 is 0 Å². The number of fused-ring (bicyclic) bond motifs is 2. The smallest absolute Gasteiger partial charge is 0.246 e. The average molecular weight is 560 g/mol. The molecule has 7 rings (SSSR count). The van der Waals surface area contributed by atoms with Gasteiger partial charge in [-0.3, -0.25) is 9.36 Å². The molecule has 1 fully saturated rings. The standard InChI is InChI=1S/C32H33N9O/c1-2-5-29(42)39-18-13-22(14-19-39)36-26-10-7-21-20-23(8-9-24(21)26)41-31(25-6-3-15-34-30(25)33)37-27-11-12-28(38-32(27)41)40-17-4-16-35-40/h2-6,8-9,11-12,15-17,20,22,26,36H,7,10,13-14,18-19H2,1H3,(H2,33,34)/b5-2+/t26-/m0/s1. The van der Waals surface area contributed by atoms with Crippen molar-refractivity contribution in [3.8, 4) is 22.9 Å². The largest absolute Gasteiger partial charge is 0.383 e. The van der Waals surface area contributed by atoms with E-state index in [1.54, 1.807) is 23.2 Å². The van der Waals surface area contributed by atoms with Crippen LogP contribution in [-0.2, 0) is 11.2 Å². The van der Waals surface area contributed by atoms with Crippen molar-refractivity contribution in [2.45, 2.75) is 44.7 Å². The average Bonchev–Trinajstić information content (AvgIpc) is 3.77. The summed E-state index contributed by atoms with van der Waals surface area (Å²) in [6, 6.07) is 16.9. The van der Waals surface area contributed by atoms with Crippen molar-refractivity contribution in [3.63, 3.8) is 0 Å². The lowest BCUT2D eigenvalue weighted by Gasteiger charge is -2.33. The molecule has 0 spiro atoms. The Balaban J connectivity index is 1.21. The van der Waals surface area contributed by atoms with E-state index in [1.165, 1.54) is 11.1 Å². The number of allylic oxidation sites excluding steroid dienone is 1. The Bertz CT molecular complexity index is 1780. The van der Waals surface area contributed by atoms with E-state index in [0.29, 0.717) is 29.5 Å². The van der Waals surface area contributed by atoms with Gasteiger partial charge in [-0.25, -0.2) is 19.6 Å². The minimum atomic E-state index is 0.111. The number of aryl methyl sites for hydroxylation is 1. The normalized spacial score (nSPS) is 17.4. The highest BCUT2D eigenvalue weighted by Gasteiger charge is 2.29. The van der Waals surface area contributed by atoms with E-state index in [1.807, 2.05) is 54.4 Å². The fourth-order valence-corrected chi connectivity index (χ4v) is 6.23. The Morgan fingerprint density at radius 3 is 2.71 bits per heavy atom. The maximum Gasteiger partial charge on any atom is 0.246 e. The van der Waals surface area contributed by atoms with Crippen molar-refractivity contribution in [3.05, 3.63) is 90.4 Å². The third kappa shape index (κ3) is 4.73. The number of piperidine rings is 1. The number of amides is 1. The highest BCUT2D eigenvalue weighted by molar-refractivity contribution is 5.87. The summed E-state index contributed by atoms with van der Waals surface area (Å²) in [5.41, 5.74) is 12.2. The Morgan fingerprint density at radius 1 is 1.05 bits per heavy atom. The zero-order valence-electron chi connectivity index (χ0n) is 23.5. The molecule has 0 unspecified atom stereocenters. The molecule has 1 aromatic carbocycles. The van der Waals surface area contributed by atoms with Crippen LogP contribution >= 0.6 is 0 Å². The zero-order chi connectivity index (χ0) is 28.6. The number of benzene rings is 1. The van der Waals surface area contributed by atoms with Crippen LogP contribution in [0, 0.1) is 0 Å². The van der Waals surface area contributed by atoms with Crippen LogP contribution < -0.4 is 11.1 Å². The number of carbonyl (C=O) groups is 1. The van der Waals surface area contributed by atoms with Crippen molar-refractivity contribution >= 4 is 22.9 Å². The van der Waals surface area contributed by atoms with Crippen molar-refractivity contribution < 1.29 is 4.79 Å². The Kier molecular flexibility index (Phi) is 6.75. The van der Waals surface area contributed by atoms with E-state index in [9.17, 15) is 4.79 Å². The first-order chi connectivity index (χ1) is 20.6. The number of nitrogens with zero attached hydrogens (tertiary/aromatic N) is 7. The molecule has 0 radical (unpaired) electrons. The Hall–Kier alpha value is -4.83. The predicted octanol–water partition coefficient (Wildman–Crippen LogP) is 4.39. The Labute approximate surface area is 243 Å². The van der Waals surface area contributed by atoms with Crippen LogP contribution in [-0.4, -0.2) is 59.2 Å². The van der Waals surface area contributed by atoms with Gasteiger partial charge in [0.25, 0.3) is 0 Å². The van der Waals surface area contributed by atoms with Gasteiger partial charge in [-0.15, -0.1) is 0 Å². The van der Waals surface area contributed by atoms with E-state index in [-0.39, 0.29) is 5.91 Å². The molecule has 5 heterocycles. The molecule has 0 saturated carbocycles. The Morgan fingerprint density at radius 2 is 1.93 bits per heavy atom. The number of hydrogen-bond acceptors (Lipinski definition) is 7. The molecule has 3 N–H and O–H groups in total. The van der Waals surface area contributed by atoms with Gasteiger partial charge in [-0.2, -0.15) is 5.10 Å². The highest BCUT2D eigenvalue weighted by Crippen LogP contribution is 2.36. The number of anilines is 1. The number of nitrogens with two attached hydrogens (primary N) is 1. The number of nitrogens with one attached hydrogen (secondary N) is 1. The number of likely N-dealkylation sites (tertiary alicyclic amines) is 1. The second-order valence-corrected chi connectivity index (χ2v) is 10.9. The number of carbonyl (C=O) groups excluding carboxylic acids is 1. The van der Waals surface area contributed by atoms with Crippen LogP contribution in [0.2, 0.25) is 0 Å². The van der Waals surface area contributed by atoms with Gasteiger partial charge in [0.2, 0.25) is 5.91 Å². The molecule has 1 saturated heterocycles. The first-order valence-electron chi connectivity index (χ1n) is 14.5. The number of nitrogen functional groups attached to an aromatic ring is 1. The molecule has 10 heteroatoms.